The van der Waals surface area contributed by atoms with E-state index in [2.05, 4.69) is 9.97 Å². The van der Waals surface area contributed by atoms with Gasteiger partial charge in [-0.3, -0.25) is 9.19 Å². The van der Waals surface area contributed by atoms with E-state index in [0.717, 1.165) is 11.3 Å². The maximum atomic E-state index is 12.2. The minimum atomic E-state index is -1.11. The summed E-state index contributed by atoms with van der Waals surface area (Å²) in [4.78, 5) is 9.00. The molecule has 0 saturated heterocycles. The highest BCUT2D eigenvalue weighted by atomic mass is 32.2. The molecule has 0 spiro atoms. The third-order valence-electron chi connectivity index (χ3n) is 2.56. The molecule has 0 aromatic carbocycles. The summed E-state index contributed by atoms with van der Waals surface area (Å²) in [6, 6.07) is 5.50. The number of aryl methyl sites for hydroxylation is 1. The molecule has 0 radical (unpaired) electrons. The van der Waals surface area contributed by atoms with E-state index in [4.69, 9.17) is 4.74 Å². The molecule has 0 saturated carbocycles. The van der Waals surface area contributed by atoms with Gasteiger partial charge in [0, 0.05) is 17.5 Å². The van der Waals surface area contributed by atoms with Crippen LogP contribution in [0.4, 0.5) is 0 Å². The van der Waals surface area contributed by atoms with Crippen LogP contribution in [0.15, 0.2) is 35.5 Å². The van der Waals surface area contributed by atoms with Crippen LogP contribution in [0, 0.1) is 6.92 Å². The summed E-state index contributed by atoms with van der Waals surface area (Å²) in [5.74, 6) is 1.48. The van der Waals surface area contributed by atoms with E-state index < -0.39 is 10.8 Å². The molecular weight excluding hydrogens is 260 g/mol. The van der Waals surface area contributed by atoms with Crippen molar-refractivity contribution >= 4 is 10.8 Å². The minimum absolute atomic E-state index is 0.430. The van der Waals surface area contributed by atoms with Gasteiger partial charge in [0.1, 0.15) is 0 Å². The molecular formula is C14H16N2O2S. The van der Waals surface area contributed by atoms with E-state index in [1.165, 1.54) is 0 Å². The molecule has 100 valence electrons. The van der Waals surface area contributed by atoms with Crippen LogP contribution in [0.25, 0.3) is 0 Å². The highest BCUT2D eigenvalue weighted by Gasteiger charge is 2.21. The quantitative estimate of drug-likeness (QED) is 0.741. The van der Waals surface area contributed by atoms with Crippen LogP contribution in [0.5, 0.6) is 11.6 Å². The maximum Gasteiger partial charge on any atom is 0.223 e. The van der Waals surface area contributed by atoms with Crippen molar-refractivity contribution in [1.82, 2.24) is 9.97 Å². The Morgan fingerprint density at radius 1 is 1.32 bits per heavy atom. The fraction of sp³-hybridized carbons (Fsp3) is 0.286. The summed E-state index contributed by atoms with van der Waals surface area (Å²) < 4.78 is 17.9. The van der Waals surface area contributed by atoms with Gasteiger partial charge in [0.2, 0.25) is 5.88 Å². The molecule has 0 amide bonds. The largest absolute Gasteiger partial charge is 0.436 e. The molecule has 3 heterocycles. The van der Waals surface area contributed by atoms with Gasteiger partial charge in [0.25, 0.3) is 0 Å². The van der Waals surface area contributed by atoms with Gasteiger partial charge in [-0.15, -0.1) is 0 Å². The molecule has 2 aromatic rings. The summed E-state index contributed by atoms with van der Waals surface area (Å²) in [5, 5.41) is 0. The first-order valence-electron chi connectivity index (χ1n) is 6.21. The summed E-state index contributed by atoms with van der Waals surface area (Å²) in [6.07, 6.45) is 3.26. The Labute approximate surface area is 115 Å². The van der Waals surface area contributed by atoms with Crippen LogP contribution in [0.3, 0.4) is 0 Å². The maximum absolute atomic E-state index is 12.2. The Morgan fingerprint density at radius 2 is 2.11 bits per heavy atom. The average molecular weight is 276 g/mol. The van der Waals surface area contributed by atoms with Gasteiger partial charge in [-0.25, -0.2) is 4.98 Å². The molecule has 5 heteroatoms. The fourth-order valence-electron chi connectivity index (χ4n) is 1.73. The van der Waals surface area contributed by atoms with Gasteiger partial charge in [-0.05, 0) is 19.1 Å². The smallest absolute Gasteiger partial charge is 0.223 e. The summed E-state index contributed by atoms with van der Waals surface area (Å²) in [6.45, 7) is 5.87. The normalized spacial score (nSPS) is 16.1. The van der Waals surface area contributed by atoms with Crippen molar-refractivity contribution in [1.29, 1.82) is 0 Å². The van der Waals surface area contributed by atoms with E-state index in [1.54, 1.807) is 18.5 Å². The monoisotopic (exact) mass is 276 g/mol. The van der Waals surface area contributed by atoms with Crippen LogP contribution < -0.4 is 4.74 Å². The van der Waals surface area contributed by atoms with Crippen molar-refractivity contribution in [3.8, 4) is 11.6 Å². The van der Waals surface area contributed by atoms with E-state index in [1.807, 2.05) is 32.9 Å². The second-order valence-corrected chi connectivity index (χ2v) is 5.25. The molecule has 3 rings (SSSR count). The number of hydrogen-bond acceptors (Lipinski definition) is 4. The predicted octanol–water partition coefficient (Wildman–Crippen LogP) is 3.22. The van der Waals surface area contributed by atoms with Gasteiger partial charge >= 0.3 is 0 Å². The predicted molar refractivity (Wildman–Crippen MR) is 74.7 cm³/mol. The summed E-state index contributed by atoms with van der Waals surface area (Å²) in [5.41, 5.74) is 1.69. The van der Waals surface area contributed by atoms with Crippen LogP contribution in [0.1, 0.15) is 25.1 Å². The lowest BCUT2D eigenvalue weighted by Crippen LogP contribution is -1.95. The number of rotatable bonds is 0. The fourth-order valence-corrected chi connectivity index (χ4v) is 3.00. The Balaban J connectivity index is 0.000000637. The molecule has 1 aliphatic heterocycles. The summed E-state index contributed by atoms with van der Waals surface area (Å²) in [7, 11) is -1.11. The number of nitrogens with zero attached hydrogens (tertiary/aromatic N) is 2. The molecule has 19 heavy (non-hydrogen) atoms. The van der Waals surface area contributed by atoms with Crippen molar-refractivity contribution in [2.24, 2.45) is 0 Å². The lowest BCUT2D eigenvalue weighted by atomic mass is 10.3. The average Bonchev–Trinajstić information content (AvgIpc) is 2.58. The lowest BCUT2D eigenvalue weighted by molar-refractivity contribution is 0.447. The van der Waals surface area contributed by atoms with Gasteiger partial charge < -0.3 is 4.74 Å². The van der Waals surface area contributed by atoms with Crippen molar-refractivity contribution in [2.75, 3.05) is 0 Å². The molecule has 1 unspecified atom stereocenters. The standard InChI is InChI=1S/C12H10N2O2S.C2H6/c1-8-5-11-10(6-14-8)16-12-9(7-17(11)15)3-2-4-13-12;1-2/h2-6H,7H2,1H3;1-2H3. The van der Waals surface area contributed by atoms with E-state index in [9.17, 15) is 4.21 Å². The van der Waals surface area contributed by atoms with Crippen LogP contribution in [-0.4, -0.2) is 14.2 Å². The number of hydrogen-bond donors (Lipinski definition) is 0. The topological polar surface area (TPSA) is 52.1 Å². The van der Waals surface area contributed by atoms with Gasteiger partial charge in [0.15, 0.2) is 5.75 Å². The third-order valence-corrected chi connectivity index (χ3v) is 3.94. The van der Waals surface area contributed by atoms with E-state index >= 15 is 0 Å². The van der Waals surface area contributed by atoms with Crippen LogP contribution in [0.2, 0.25) is 0 Å². The first-order chi connectivity index (χ1) is 9.24. The molecule has 0 aliphatic carbocycles. The van der Waals surface area contributed by atoms with Crippen molar-refractivity contribution < 1.29 is 8.95 Å². The Morgan fingerprint density at radius 3 is 2.89 bits per heavy atom. The SMILES string of the molecule is CC.Cc1cc2c(cn1)Oc1ncccc1CS2=O. The first kappa shape index (κ1) is 13.7. The number of fused-ring (bicyclic) bond motifs is 2. The minimum Gasteiger partial charge on any atom is -0.436 e. The Bertz CT molecular complexity index is 614. The molecule has 2 aromatic heterocycles. The van der Waals surface area contributed by atoms with Crippen molar-refractivity contribution in [3.05, 3.63) is 41.9 Å². The highest BCUT2D eigenvalue weighted by molar-refractivity contribution is 7.84. The molecule has 0 bridgehead atoms. The highest BCUT2D eigenvalue weighted by Crippen LogP contribution is 2.33. The molecule has 1 aliphatic rings. The summed E-state index contributed by atoms with van der Waals surface area (Å²) >= 11 is 0. The number of pyridine rings is 2. The second kappa shape index (κ2) is 5.93. The number of aromatic nitrogens is 2. The number of ether oxygens (including phenoxy) is 1. The zero-order valence-electron chi connectivity index (χ0n) is 11.2. The van der Waals surface area contributed by atoms with Gasteiger partial charge in [0.05, 0.1) is 27.6 Å². The third kappa shape index (κ3) is 2.81. The van der Waals surface area contributed by atoms with Crippen molar-refractivity contribution in [2.45, 2.75) is 31.4 Å². The van der Waals surface area contributed by atoms with E-state index in [0.29, 0.717) is 22.3 Å². The van der Waals surface area contributed by atoms with Crippen molar-refractivity contribution in [3.63, 3.8) is 0 Å². The lowest BCUT2D eigenvalue weighted by Gasteiger charge is -2.06. The zero-order valence-corrected chi connectivity index (χ0v) is 12.0. The van der Waals surface area contributed by atoms with Gasteiger partial charge in [-0.1, -0.05) is 19.9 Å². The Hall–Kier alpha value is -1.75. The molecule has 0 fully saturated rings. The van der Waals surface area contributed by atoms with Crippen LogP contribution >= 0.6 is 0 Å². The zero-order chi connectivity index (χ0) is 13.8. The Kier molecular flexibility index (Phi) is 4.27. The van der Waals surface area contributed by atoms with Crippen LogP contribution in [-0.2, 0) is 16.6 Å². The first-order valence-corrected chi connectivity index (χ1v) is 7.53. The van der Waals surface area contributed by atoms with Gasteiger partial charge in [-0.2, -0.15) is 0 Å². The second-order valence-electron chi connectivity index (χ2n) is 3.83. The molecule has 4 nitrogen and oxygen atoms in total. The van der Waals surface area contributed by atoms with E-state index in [-0.39, 0.29) is 0 Å². The molecule has 1 atom stereocenters. The molecule has 0 N–H and O–H groups in total.